The van der Waals surface area contributed by atoms with E-state index in [2.05, 4.69) is 14.8 Å². The van der Waals surface area contributed by atoms with E-state index >= 15 is 0 Å². The maximum Gasteiger partial charge on any atom is 0.354 e. The molecule has 0 spiro atoms. The Hall–Kier alpha value is -2.43. The van der Waals surface area contributed by atoms with Crippen molar-refractivity contribution in [2.24, 2.45) is 0 Å². The Kier molecular flexibility index (Phi) is 7.17. The second-order valence-electron chi connectivity index (χ2n) is 6.30. The number of morpholine rings is 1. The first-order valence-electron chi connectivity index (χ1n) is 8.58. The number of esters is 2. The van der Waals surface area contributed by atoms with E-state index < -0.39 is 22.0 Å². The fourth-order valence-electron chi connectivity index (χ4n) is 2.77. The molecule has 2 rings (SSSR count). The van der Waals surface area contributed by atoms with Crippen LogP contribution in [0.25, 0.3) is 0 Å². The highest BCUT2D eigenvalue weighted by atomic mass is 32.2. The van der Waals surface area contributed by atoms with Crippen LogP contribution in [0.4, 0.5) is 5.69 Å². The van der Waals surface area contributed by atoms with Crippen LogP contribution in [0.2, 0.25) is 0 Å². The van der Waals surface area contributed by atoms with Gasteiger partial charge < -0.3 is 19.5 Å². The molecule has 1 heterocycles. The summed E-state index contributed by atoms with van der Waals surface area (Å²) in [4.78, 5) is 23.3. The summed E-state index contributed by atoms with van der Waals surface area (Å²) < 4.78 is 41.8. The van der Waals surface area contributed by atoms with Gasteiger partial charge in [-0.25, -0.2) is 18.0 Å². The summed E-state index contributed by atoms with van der Waals surface area (Å²) in [5, 5.41) is 2.72. The van der Waals surface area contributed by atoms with Crippen LogP contribution in [0.5, 0.6) is 0 Å². The molecule has 0 aromatic heterocycles. The lowest BCUT2D eigenvalue weighted by atomic mass is 10.3. The number of anilines is 1. The van der Waals surface area contributed by atoms with E-state index in [4.69, 9.17) is 4.74 Å². The Balaban J connectivity index is 2.21. The highest BCUT2D eigenvalue weighted by molar-refractivity contribution is 7.89. The van der Waals surface area contributed by atoms with E-state index in [0.717, 1.165) is 6.08 Å². The van der Waals surface area contributed by atoms with E-state index in [9.17, 15) is 18.0 Å². The second kappa shape index (κ2) is 9.18. The van der Waals surface area contributed by atoms with Crippen molar-refractivity contribution in [3.05, 3.63) is 36.0 Å². The maximum absolute atomic E-state index is 12.9. The fourth-order valence-corrected chi connectivity index (χ4v) is 4.37. The van der Waals surface area contributed by atoms with Gasteiger partial charge in [0, 0.05) is 18.8 Å². The average Bonchev–Trinajstić information content (AvgIpc) is 2.66. The molecule has 154 valence electrons. The molecule has 1 aliphatic heterocycles. The molecule has 2 unspecified atom stereocenters. The highest BCUT2D eigenvalue weighted by Gasteiger charge is 2.32. The topological polar surface area (TPSA) is 111 Å². The van der Waals surface area contributed by atoms with E-state index in [-0.39, 0.29) is 35.9 Å². The smallest absolute Gasteiger partial charge is 0.354 e. The van der Waals surface area contributed by atoms with Gasteiger partial charge in [-0.3, -0.25) is 0 Å². The standard InChI is InChI=1S/C18H24N2O7S/c1-12-10-20(11-13(2)27-12)28(23,24)15-7-5-14(6-8-15)19-16(18(22)26-4)9-17(21)25-3/h5-9,12-13,19H,10-11H2,1-4H3/b16-9+. The minimum atomic E-state index is -3.67. The SMILES string of the molecule is COC(=O)/C=C(/Nc1ccc(S(=O)(=O)N2CC(C)OC(C)C2)cc1)C(=O)OC. The van der Waals surface area contributed by atoms with Crippen LogP contribution in [0.15, 0.2) is 40.9 Å². The molecular weight excluding hydrogens is 388 g/mol. The monoisotopic (exact) mass is 412 g/mol. The van der Waals surface area contributed by atoms with Crippen molar-refractivity contribution in [3.8, 4) is 0 Å². The minimum Gasteiger partial charge on any atom is -0.466 e. The molecule has 2 atom stereocenters. The Bertz CT molecular complexity index is 839. The van der Waals surface area contributed by atoms with Crippen LogP contribution >= 0.6 is 0 Å². The zero-order chi connectivity index (χ0) is 20.9. The largest absolute Gasteiger partial charge is 0.466 e. The highest BCUT2D eigenvalue weighted by Crippen LogP contribution is 2.23. The Morgan fingerprint density at radius 3 is 2.18 bits per heavy atom. The van der Waals surface area contributed by atoms with Crippen molar-refractivity contribution in [1.82, 2.24) is 4.31 Å². The van der Waals surface area contributed by atoms with E-state index in [1.807, 2.05) is 13.8 Å². The van der Waals surface area contributed by atoms with Gasteiger partial charge in [0.25, 0.3) is 0 Å². The third kappa shape index (κ3) is 5.31. The summed E-state index contributed by atoms with van der Waals surface area (Å²) in [6, 6.07) is 5.84. The summed E-state index contributed by atoms with van der Waals surface area (Å²) in [5.74, 6) is -1.50. The third-order valence-electron chi connectivity index (χ3n) is 4.03. The Morgan fingerprint density at radius 2 is 1.68 bits per heavy atom. The van der Waals surface area contributed by atoms with Gasteiger partial charge in [-0.15, -0.1) is 0 Å². The lowest BCUT2D eigenvalue weighted by Gasteiger charge is -2.34. The molecule has 1 aromatic rings. The number of benzene rings is 1. The molecule has 0 amide bonds. The summed E-state index contributed by atoms with van der Waals surface area (Å²) in [6.45, 7) is 4.21. The summed E-state index contributed by atoms with van der Waals surface area (Å²) in [5.41, 5.74) is 0.268. The number of methoxy groups -OCH3 is 2. The normalized spacial score (nSPS) is 21.1. The number of carbonyl (C=O) groups is 2. The van der Waals surface area contributed by atoms with Gasteiger partial charge in [-0.2, -0.15) is 4.31 Å². The number of nitrogens with one attached hydrogen (secondary N) is 1. The molecule has 10 heteroatoms. The number of rotatable bonds is 6. The van der Waals surface area contributed by atoms with Crippen LogP contribution < -0.4 is 5.32 Å². The van der Waals surface area contributed by atoms with Crippen molar-refractivity contribution < 1.29 is 32.2 Å². The number of sulfonamides is 1. The van der Waals surface area contributed by atoms with Crippen molar-refractivity contribution in [2.45, 2.75) is 31.0 Å². The maximum atomic E-state index is 12.9. The van der Waals surface area contributed by atoms with Crippen molar-refractivity contribution in [3.63, 3.8) is 0 Å². The number of hydrogen-bond donors (Lipinski definition) is 1. The molecule has 0 saturated carbocycles. The molecule has 1 saturated heterocycles. The van der Waals surface area contributed by atoms with E-state index in [1.54, 1.807) is 0 Å². The van der Waals surface area contributed by atoms with Gasteiger partial charge in [0.1, 0.15) is 5.70 Å². The lowest BCUT2D eigenvalue weighted by molar-refractivity contribution is -0.138. The van der Waals surface area contributed by atoms with Crippen LogP contribution in [0, 0.1) is 0 Å². The second-order valence-corrected chi connectivity index (χ2v) is 8.24. The first-order chi connectivity index (χ1) is 13.2. The molecule has 1 aliphatic rings. The molecular formula is C18H24N2O7S. The summed E-state index contributed by atoms with van der Waals surface area (Å²) in [6.07, 6.45) is 0.573. The van der Waals surface area contributed by atoms with Gasteiger partial charge in [0.15, 0.2) is 0 Å². The van der Waals surface area contributed by atoms with Crippen molar-refractivity contribution in [1.29, 1.82) is 0 Å². The van der Waals surface area contributed by atoms with Crippen LogP contribution in [-0.4, -0.2) is 64.2 Å². The van der Waals surface area contributed by atoms with Gasteiger partial charge in [-0.1, -0.05) is 0 Å². The number of carbonyl (C=O) groups excluding carboxylic acids is 2. The molecule has 0 bridgehead atoms. The fraction of sp³-hybridized carbons (Fsp3) is 0.444. The average molecular weight is 412 g/mol. The summed E-state index contributed by atoms with van der Waals surface area (Å²) in [7, 11) is -1.31. The summed E-state index contributed by atoms with van der Waals surface area (Å²) >= 11 is 0. The predicted molar refractivity (Wildman–Crippen MR) is 101 cm³/mol. The number of nitrogens with zero attached hydrogens (tertiary/aromatic N) is 1. The molecule has 9 nitrogen and oxygen atoms in total. The van der Waals surface area contributed by atoms with E-state index in [1.165, 1.54) is 42.8 Å². The quantitative estimate of drug-likeness (QED) is 0.547. The van der Waals surface area contributed by atoms with Crippen molar-refractivity contribution in [2.75, 3.05) is 32.6 Å². The van der Waals surface area contributed by atoms with Crippen LogP contribution in [0.1, 0.15) is 13.8 Å². The van der Waals surface area contributed by atoms with Gasteiger partial charge in [0.2, 0.25) is 10.0 Å². The number of ether oxygens (including phenoxy) is 3. The lowest BCUT2D eigenvalue weighted by Crippen LogP contribution is -2.48. The molecule has 28 heavy (non-hydrogen) atoms. The molecule has 0 radical (unpaired) electrons. The van der Waals surface area contributed by atoms with Gasteiger partial charge >= 0.3 is 11.9 Å². The van der Waals surface area contributed by atoms with E-state index in [0.29, 0.717) is 5.69 Å². The molecule has 0 aliphatic carbocycles. The zero-order valence-corrected chi connectivity index (χ0v) is 17.0. The Labute approximate surface area is 164 Å². The van der Waals surface area contributed by atoms with Crippen molar-refractivity contribution >= 4 is 27.6 Å². The van der Waals surface area contributed by atoms with Gasteiger partial charge in [-0.05, 0) is 38.1 Å². The van der Waals surface area contributed by atoms with Crippen LogP contribution in [0.3, 0.4) is 0 Å². The molecule has 1 fully saturated rings. The first-order valence-corrected chi connectivity index (χ1v) is 10.0. The van der Waals surface area contributed by atoms with Crippen LogP contribution in [-0.2, 0) is 33.8 Å². The zero-order valence-electron chi connectivity index (χ0n) is 16.2. The molecule has 1 N–H and O–H groups in total. The third-order valence-corrected chi connectivity index (χ3v) is 5.87. The minimum absolute atomic E-state index is 0.121. The first kappa shape index (κ1) is 21.9. The molecule has 1 aromatic carbocycles. The Morgan fingerprint density at radius 1 is 1.11 bits per heavy atom. The number of hydrogen-bond acceptors (Lipinski definition) is 8. The predicted octanol–water partition coefficient (Wildman–Crippen LogP) is 1.13. The van der Waals surface area contributed by atoms with Gasteiger partial charge in [0.05, 0.1) is 37.4 Å².